The number of carbonyl (C=O) groups is 1. The van der Waals surface area contributed by atoms with E-state index in [1.54, 1.807) is 11.8 Å². The van der Waals surface area contributed by atoms with E-state index in [2.05, 4.69) is 39.3 Å². The van der Waals surface area contributed by atoms with Gasteiger partial charge in [-0.3, -0.25) is 4.79 Å². The van der Waals surface area contributed by atoms with E-state index in [9.17, 15) is 4.79 Å². The fourth-order valence-electron chi connectivity index (χ4n) is 1.40. The molecule has 16 heavy (non-hydrogen) atoms. The van der Waals surface area contributed by atoms with E-state index in [0.717, 1.165) is 6.42 Å². The van der Waals surface area contributed by atoms with E-state index in [-0.39, 0.29) is 16.6 Å². The lowest BCUT2D eigenvalue weighted by molar-refractivity contribution is -0.125. The van der Waals surface area contributed by atoms with Crippen molar-refractivity contribution in [1.82, 2.24) is 5.32 Å². The molecule has 0 heterocycles. The van der Waals surface area contributed by atoms with Gasteiger partial charge in [0.15, 0.2) is 0 Å². The summed E-state index contributed by atoms with van der Waals surface area (Å²) in [7, 11) is 0. The van der Waals surface area contributed by atoms with Gasteiger partial charge in [0.2, 0.25) is 5.91 Å². The minimum absolute atomic E-state index is 0.0438. The van der Waals surface area contributed by atoms with Crippen LogP contribution >= 0.6 is 11.8 Å². The maximum Gasteiger partial charge on any atom is 0.224 e. The Labute approximate surface area is 104 Å². The Morgan fingerprint density at radius 3 is 2.38 bits per heavy atom. The number of hydrogen-bond acceptors (Lipinski definition) is 3. The maximum absolute atomic E-state index is 11.9. The summed E-state index contributed by atoms with van der Waals surface area (Å²) in [5, 5.41) is 2.99. The summed E-state index contributed by atoms with van der Waals surface area (Å²) in [5.41, 5.74) is 5.63. The molecule has 0 bridgehead atoms. The Morgan fingerprint density at radius 1 is 1.44 bits per heavy atom. The summed E-state index contributed by atoms with van der Waals surface area (Å²) in [6.07, 6.45) is 2.92. The Morgan fingerprint density at radius 2 is 2.00 bits per heavy atom. The summed E-state index contributed by atoms with van der Waals surface area (Å²) in [4.78, 5) is 11.9. The molecule has 0 aliphatic rings. The highest BCUT2D eigenvalue weighted by Gasteiger charge is 2.21. The topological polar surface area (TPSA) is 55.1 Å². The van der Waals surface area contributed by atoms with E-state index in [1.165, 1.54) is 0 Å². The molecule has 1 atom stereocenters. The van der Waals surface area contributed by atoms with Gasteiger partial charge in [0, 0.05) is 17.8 Å². The molecule has 1 amide bonds. The lowest BCUT2D eigenvalue weighted by Gasteiger charge is -2.24. The van der Waals surface area contributed by atoms with Gasteiger partial charge in [-0.25, -0.2) is 0 Å². The van der Waals surface area contributed by atoms with Crippen molar-refractivity contribution in [2.75, 3.05) is 19.3 Å². The quantitative estimate of drug-likeness (QED) is 0.721. The zero-order valence-electron chi connectivity index (χ0n) is 11.2. The van der Waals surface area contributed by atoms with Crippen LogP contribution in [0.25, 0.3) is 0 Å². The molecule has 3 nitrogen and oxygen atoms in total. The molecule has 0 aromatic carbocycles. The van der Waals surface area contributed by atoms with Gasteiger partial charge in [-0.05, 0) is 32.4 Å². The average Bonchev–Trinajstić information content (AvgIpc) is 2.22. The SMILES string of the molecule is CSC(C)(C)CNC(=O)C(CN)CC(C)C. The van der Waals surface area contributed by atoms with Crippen molar-refractivity contribution in [3.05, 3.63) is 0 Å². The second kappa shape index (κ2) is 7.17. The maximum atomic E-state index is 11.9. The van der Waals surface area contributed by atoms with Crippen LogP contribution in [-0.4, -0.2) is 30.0 Å². The molecule has 0 rings (SSSR count). The van der Waals surface area contributed by atoms with Crippen LogP contribution < -0.4 is 11.1 Å². The molecular weight excluding hydrogens is 220 g/mol. The second-order valence-electron chi connectivity index (χ2n) is 5.24. The number of carbonyl (C=O) groups excluding carboxylic acids is 1. The van der Waals surface area contributed by atoms with Gasteiger partial charge >= 0.3 is 0 Å². The van der Waals surface area contributed by atoms with Gasteiger partial charge in [0.05, 0.1) is 5.92 Å². The van der Waals surface area contributed by atoms with Crippen LogP contribution in [0, 0.1) is 11.8 Å². The van der Waals surface area contributed by atoms with Crippen molar-refractivity contribution in [1.29, 1.82) is 0 Å². The molecular formula is C12H26N2OS. The number of nitrogens with one attached hydrogen (secondary N) is 1. The predicted molar refractivity (Wildman–Crippen MR) is 72.6 cm³/mol. The molecule has 3 N–H and O–H groups in total. The van der Waals surface area contributed by atoms with Crippen LogP contribution in [0.4, 0.5) is 0 Å². The molecule has 0 saturated carbocycles. The van der Waals surface area contributed by atoms with E-state index < -0.39 is 0 Å². The Balaban J connectivity index is 4.12. The van der Waals surface area contributed by atoms with Gasteiger partial charge in [-0.15, -0.1) is 0 Å². The normalized spacial score (nSPS) is 13.9. The zero-order chi connectivity index (χ0) is 12.8. The standard InChI is InChI=1S/C12H26N2OS/c1-9(2)6-10(7-13)11(15)14-8-12(3,4)16-5/h9-10H,6-8,13H2,1-5H3,(H,14,15). The Kier molecular flexibility index (Phi) is 7.07. The van der Waals surface area contributed by atoms with E-state index >= 15 is 0 Å². The zero-order valence-corrected chi connectivity index (χ0v) is 12.0. The smallest absolute Gasteiger partial charge is 0.224 e. The van der Waals surface area contributed by atoms with Crippen LogP contribution in [0.5, 0.6) is 0 Å². The third-order valence-electron chi connectivity index (χ3n) is 2.65. The summed E-state index contributed by atoms with van der Waals surface area (Å²) >= 11 is 1.76. The highest BCUT2D eigenvalue weighted by Crippen LogP contribution is 2.20. The van der Waals surface area contributed by atoms with Gasteiger partial charge < -0.3 is 11.1 Å². The van der Waals surface area contributed by atoms with E-state index in [0.29, 0.717) is 19.0 Å². The van der Waals surface area contributed by atoms with Crippen LogP contribution in [0.15, 0.2) is 0 Å². The van der Waals surface area contributed by atoms with Crippen molar-refractivity contribution in [2.24, 2.45) is 17.6 Å². The van der Waals surface area contributed by atoms with E-state index in [1.807, 2.05) is 0 Å². The van der Waals surface area contributed by atoms with Crippen molar-refractivity contribution >= 4 is 17.7 Å². The molecule has 0 spiro atoms. The van der Waals surface area contributed by atoms with Crippen LogP contribution in [0.3, 0.4) is 0 Å². The van der Waals surface area contributed by atoms with E-state index in [4.69, 9.17) is 5.73 Å². The molecule has 4 heteroatoms. The highest BCUT2D eigenvalue weighted by atomic mass is 32.2. The molecule has 96 valence electrons. The van der Waals surface area contributed by atoms with Gasteiger partial charge in [-0.1, -0.05) is 13.8 Å². The van der Waals surface area contributed by atoms with Crippen molar-refractivity contribution in [2.45, 2.75) is 38.9 Å². The first-order valence-electron chi connectivity index (χ1n) is 5.85. The number of nitrogens with two attached hydrogens (primary N) is 1. The third kappa shape index (κ3) is 6.38. The monoisotopic (exact) mass is 246 g/mol. The Bertz CT molecular complexity index is 217. The number of rotatable bonds is 7. The molecule has 0 fully saturated rings. The number of amides is 1. The molecule has 0 aromatic heterocycles. The molecule has 0 saturated heterocycles. The number of thioether (sulfide) groups is 1. The first-order valence-corrected chi connectivity index (χ1v) is 7.07. The largest absolute Gasteiger partial charge is 0.354 e. The fourth-order valence-corrected chi connectivity index (χ4v) is 1.61. The molecule has 1 unspecified atom stereocenters. The summed E-state index contributed by atoms with van der Waals surface area (Å²) in [6, 6.07) is 0. The van der Waals surface area contributed by atoms with Crippen molar-refractivity contribution < 1.29 is 4.79 Å². The van der Waals surface area contributed by atoms with Gasteiger partial charge in [0.25, 0.3) is 0 Å². The lowest BCUT2D eigenvalue weighted by Crippen LogP contribution is -2.41. The van der Waals surface area contributed by atoms with Gasteiger partial charge in [-0.2, -0.15) is 11.8 Å². The first kappa shape index (κ1) is 15.8. The minimum atomic E-state index is -0.0438. The number of hydrogen-bond donors (Lipinski definition) is 2. The lowest BCUT2D eigenvalue weighted by atomic mass is 9.96. The van der Waals surface area contributed by atoms with Crippen LogP contribution in [-0.2, 0) is 4.79 Å². The summed E-state index contributed by atoms with van der Waals surface area (Å²) in [6.45, 7) is 9.60. The van der Waals surface area contributed by atoms with Crippen LogP contribution in [0.1, 0.15) is 34.1 Å². The van der Waals surface area contributed by atoms with Gasteiger partial charge in [0.1, 0.15) is 0 Å². The highest BCUT2D eigenvalue weighted by molar-refractivity contribution is 7.99. The second-order valence-corrected chi connectivity index (χ2v) is 6.76. The Hall–Kier alpha value is -0.220. The first-order chi connectivity index (χ1) is 7.32. The average molecular weight is 246 g/mol. The fraction of sp³-hybridized carbons (Fsp3) is 0.917. The van der Waals surface area contributed by atoms with Crippen molar-refractivity contribution in [3.63, 3.8) is 0 Å². The van der Waals surface area contributed by atoms with Crippen molar-refractivity contribution in [3.8, 4) is 0 Å². The minimum Gasteiger partial charge on any atom is -0.354 e. The molecule has 0 aromatic rings. The van der Waals surface area contributed by atoms with Crippen LogP contribution in [0.2, 0.25) is 0 Å². The third-order valence-corrected chi connectivity index (χ3v) is 3.90. The molecule has 0 aliphatic heterocycles. The predicted octanol–water partition coefficient (Wildman–Crippen LogP) is 1.87. The summed E-state index contributed by atoms with van der Waals surface area (Å²) in [5.74, 6) is 0.559. The molecule has 0 radical (unpaired) electrons. The summed E-state index contributed by atoms with van der Waals surface area (Å²) < 4.78 is 0.0899. The molecule has 0 aliphatic carbocycles.